The Morgan fingerprint density at radius 2 is 2.14 bits per heavy atom. The van der Waals surface area contributed by atoms with Gasteiger partial charge in [-0.2, -0.15) is 5.26 Å². The molecule has 1 aliphatic heterocycles. The van der Waals surface area contributed by atoms with Gasteiger partial charge in [0.1, 0.15) is 35.0 Å². The van der Waals surface area contributed by atoms with Gasteiger partial charge >= 0.3 is 6.03 Å². The van der Waals surface area contributed by atoms with E-state index in [0.717, 1.165) is 19.4 Å². The molecule has 0 radical (unpaired) electrons. The third-order valence-corrected chi connectivity index (χ3v) is 5.99. The van der Waals surface area contributed by atoms with Crippen molar-refractivity contribution in [2.24, 2.45) is 0 Å². The van der Waals surface area contributed by atoms with E-state index in [0.29, 0.717) is 60.3 Å². The van der Waals surface area contributed by atoms with Crippen LogP contribution < -0.4 is 15.5 Å². The summed E-state index contributed by atoms with van der Waals surface area (Å²) < 4.78 is 0. The number of nitrogens with zero attached hydrogens (tertiary/aromatic N) is 6. The first kappa shape index (κ1) is 23.9. The number of hydrogen-bond acceptors (Lipinski definition) is 9. The topological polar surface area (TPSA) is 135 Å². The van der Waals surface area contributed by atoms with E-state index in [1.54, 1.807) is 18.2 Å². The second-order valence-electron chi connectivity index (χ2n) is 8.67. The Balaban J connectivity index is 1.47. The fourth-order valence-corrected chi connectivity index (χ4v) is 3.73. The van der Waals surface area contributed by atoms with Crippen LogP contribution in [-0.2, 0) is 11.3 Å². The molecule has 2 aromatic rings. The highest BCUT2D eigenvalue weighted by Gasteiger charge is 2.24. The minimum Gasteiger partial charge on any atom is -0.381 e. The summed E-state index contributed by atoms with van der Waals surface area (Å²) in [6.45, 7) is 2.27. The summed E-state index contributed by atoms with van der Waals surface area (Å²) in [5.41, 5.74) is 2.41. The van der Waals surface area contributed by atoms with Crippen LogP contribution in [0.1, 0.15) is 34.5 Å². The van der Waals surface area contributed by atoms with Crippen LogP contribution in [0.3, 0.4) is 0 Å². The van der Waals surface area contributed by atoms with Gasteiger partial charge in [0.15, 0.2) is 6.29 Å². The second-order valence-corrected chi connectivity index (χ2v) is 8.67. The zero-order valence-electron chi connectivity index (χ0n) is 19.6. The van der Waals surface area contributed by atoms with Crippen LogP contribution >= 0.6 is 0 Å². The lowest BCUT2D eigenvalue weighted by Gasteiger charge is -2.34. The molecule has 0 bridgehead atoms. The predicted molar refractivity (Wildman–Crippen MR) is 130 cm³/mol. The number of carbonyl (C=O) groups is 2. The van der Waals surface area contributed by atoms with Gasteiger partial charge in [-0.25, -0.2) is 19.6 Å². The predicted octanol–water partition coefficient (Wildman–Crippen LogP) is 1.87. The van der Waals surface area contributed by atoms with Gasteiger partial charge in [0.25, 0.3) is 0 Å². The van der Waals surface area contributed by atoms with Crippen LogP contribution in [0, 0.1) is 11.3 Å². The second kappa shape index (κ2) is 10.3. The van der Waals surface area contributed by atoms with Gasteiger partial charge in [0.2, 0.25) is 0 Å². The molecule has 2 amide bonds. The van der Waals surface area contributed by atoms with E-state index in [4.69, 9.17) is 0 Å². The van der Waals surface area contributed by atoms with Crippen LogP contribution in [0.15, 0.2) is 30.1 Å². The SMILES string of the molecule is CN1CCN(Cc2ccc(N(C)C(=O)Nc3cc(NC4CC4)c(C#N)cn3)nc2C=O)C(=C=O)C1. The quantitative estimate of drug-likeness (QED) is 0.455. The molecule has 2 N–H and O–H groups in total. The molecule has 180 valence electrons. The fourth-order valence-electron chi connectivity index (χ4n) is 3.73. The molecule has 11 heteroatoms. The van der Waals surface area contributed by atoms with Crippen LogP contribution in [0.5, 0.6) is 0 Å². The van der Waals surface area contributed by atoms with E-state index in [-0.39, 0.29) is 11.5 Å². The first-order valence-electron chi connectivity index (χ1n) is 11.3. The Morgan fingerprint density at radius 3 is 2.83 bits per heavy atom. The summed E-state index contributed by atoms with van der Waals surface area (Å²) >= 11 is 0. The molecule has 1 aliphatic carbocycles. The van der Waals surface area contributed by atoms with Crippen LogP contribution in [-0.4, -0.2) is 77.8 Å². The molecule has 35 heavy (non-hydrogen) atoms. The molecule has 11 nitrogen and oxygen atoms in total. The Hall–Kier alpha value is -4.26. The minimum atomic E-state index is -0.498. The van der Waals surface area contributed by atoms with Gasteiger partial charge in [-0.1, -0.05) is 6.07 Å². The molecule has 2 aliphatic rings. The summed E-state index contributed by atoms with van der Waals surface area (Å²) in [6.07, 6.45) is 4.14. The summed E-state index contributed by atoms with van der Waals surface area (Å²) in [4.78, 5) is 49.6. The highest BCUT2D eigenvalue weighted by Crippen LogP contribution is 2.28. The zero-order chi connectivity index (χ0) is 24.9. The van der Waals surface area contributed by atoms with Crippen molar-refractivity contribution in [1.82, 2.24) is 19.8 Å². The van der Waals surface area contributed by atoms with E-state index in [1.807, 2.05) is 22.8 Å². The van der Waals surface area contributed by atoms with Crippen molar-refractivity contribution in [3.8, 4) is 6.07 Å². The zero-order valence-corrected chi connectivity index (χ0v) is 19.6. The van der Waals surface area contributed by atoms with E-state index < -0.39 is 6.03 Å². The molecule has 4 rings (SSSR count). The number of nitriles is 1. The average molecular weight is 475 g/mol. The molecule has 0 unspecified atom stereocenters. The number of anilines is 3. The summed E-state index contributed by atoms with van der Waals surface area (Å²) in [6, 6.07) is 6.94. The normalized spacial score (nSPS) is 15.7. The Morgan fingerprint density at radius 1 is 1.34 bits per heavy atom. The molecule has 2 fully saturated rings. The van der Waals surface area contributed by atoms with Crippen molar-refractivity contribution >= 4 is 35.6 Å². The molecule has 1 saturated heterocycles. The monoisotopic (exact) mass is 474 g/mol. The maximum absolute atomic E-state index is 12.8. The lowest BCUT2D eigenvalue weighted by atomic mass is 10.1. The number of urea groups is 1. The molecule has 2 aromatic heterocycles. The maximum Gasteiger partial charge on any atom is 0.328 e. The average Bonchev–Trinajstić information content (AvgIpc) is 3.69. The van der Waals surface area contributed by atoms with Gasteiger partial charge in [-0.3, -0.25) is 19.9 Å². The first-order valence-corrected chi connectivity index (χ1v) is 11.3. The number of piperazine rings is 1. The third kappa shape index (κ3) is 5.63. The molecule has 0 atom stereocenters. The van der Waals surface area contributed by atoms with E-state index in [1.165, 1.54) is 18.1 Å². The van der Waals surface area contributed by atoms with Gasteiger partial charge in [-0.15, -0.1) is 0 Å². The smallest absolute Gasteiger partial charge is 0.328 e. The largest absolute Gasteiger partial charge is 0.381 e. The van der Waals surface area contributed by atoms with Gasteiger partial charge in [0.05, 0.1) is 11.3 Å². The highest BCUT2D eigenvalue weighted by atomic mass is 16.2. The number of amides is 2. The van der Waals surface area contributed by atoms with Crippen LogP contribution in [0.2, 0.25) is 0 Å². The number of carbonyl (C=O) groups excluding carboxylic acids is 3. The number of aromatic nitrogens is 2. The van der Waals surface area contributed by atoms with Crippen molar-refractivity contribution in [1.29, 1.82) is 5.26 Å². The fraction of sp³-hybridized carbons (Fsp3) is 0.375. The van der Waals surface area contributed by atoms with Crippen molar-refractivity contribution in [3.05, 3.63) is 46.9 Å². The van der Waals surface area contributed by atoms with Gasteiger partial charge in [0, 0.05) is 57.1 Å². The van der Waals surface area contributed by atoms with Crippen molar-refractivity contribution < 1.29 is 14.4 Å². The van der Waals surface area contributed by atoms with Crippen LogP contribution in [0.25, 0.3) is 0 Å². The number of aldehydes is 1. The minimum absolute atomic E-state index is 0.193. The Bertz CT molecular complexity index is 1230. The number of likely N-dealkylation sites (N-methyl/N-ethyl adjacent to an activating group) is 1. The Labute approximate surface area is 203 Å². The standard InChI is InChI=1S/C24H26N8O3/c1-30-7-8-32(19(13-30)14-33)12-16-3-6-23(28-21(16)15-34)31(2)24(35)29-22-9-20(27-18-4-5-18)17(10-25)11-26-22/h3,6,9,11,15,18H,4-5,7-8,12-13H2,1-2H3,(H2,26,27,29,35). The number of rotatable bonds is 7. The van der Waals surface area contributed by atoms with Gasteiger partial charge < -0.3 is 10.2 Å². The molecular weight excluding hydrogens is 448 g/mol. The summed E-state index contributed by atoms with van der Waals surface area (Å²) in [5, 5.41) is 15.3. The van der Waals surface area contributed by atoms with Crippen molar-refractivity contribution in [2.75, 3.05) is 49.3 Å². The maximum atomic E-state index is 12.8. The summed E-state index contributed by atoms with van der Waals surface area (Å²) in [5.74, 6) is 2.56. The highest BCUT2D eigenvalue weighted by molar-refractivity contribution is 6.00. The van der Waals surface area contributed by atoms with Crippen molar-refractivity contribution in [2.45, 2.75) is 25.4 Å². The molecule has 0 spiro atoms. The van der Waals surface area contributed by atoms with Crippen molar-refractivity contribution in [3.63, 3.8) is 0 Å². The number of hydrogen-bond donors (Lipinski definition) is 2. The lowest BCUT2D eigenvalue weighted by Crippen LogP contribution is -2.42. The van der Waals surface area contributed by atoms with E-state index >= 15 is 0 Å². The Kier molecular flexibility index (Phi) is 7.06. The molecular formula is C24H26N8O3. The van der Waals surface area contributed by atoms with Crippen LogP contribution in [0.4, 0.5) is 22.1 Å². The third-order valence-electron chi connectivity index (χ3n) is 5.99. The van der Waals surface area contributed by atoms with E-state index in [2.05, 4.69) is 26.7 Å². The molecule has 1 saturated carbocycles. The summed E-state index contributed by atoms with van der Waals surface area (Å²) in [7, 11) is 3.47. The molecule has 3 heterocycles. The number of nitrogens with one attached hydrogen (secondary N) is 2. The van der Waals surface area contributed by atoms with Gasteiger partial charge in [-0.05, 0) is 26.0 Å². The molecule has 0 aromatic carbocycles. The number of pyridine rings is 2. The van der Waals surface area contributed by atoms with E-state index in [9.17, 15) is 19.6 Å². The lowest BCUT2D eigenvalue weighted by molar-refractivity contribution is 0.111. The first-order chi connectivity index (χ1) is 16.9.